The molecule has 3 heterocycles. The van der Waals surface area contributed by atoms with Crippen molar-refractivity contribution in [3.8, 4) is 0 Å². The number of hydrogen-bond donors (Lipinski definition) is 2. The second-order valence-corrected chi connectivity index (χ2v) is 7.93. The van der Waals surface area contributed by atoms with E-state index >= 15 is 0 Å². The van der Waals surface area contributed by atoms with Gasteiger partial charge in [0.25, 0.3) is 5.84 Å². The third kappa shape index (κ3) is 2.57. The number of thiophene rings is 1. The van der Waals surface area contributed by atoms with Gasteiger partial charge in [-0.3, -0.25) is 9.48 Å². The maximum atomic E-state index is 13.8. The molecule has 4 nitrogen and oxygen atoms in total. The number of rotatable bonds is 0. The number of amidine groups is 1. The minimum Gasteiger partial charge on any atom is -0.343 e. The monoisotopic (exact) mass is 367 g/mol. The SMILES string of the molecule is CN1CC[N+](=C2Nc3ccc(F)cc3Nc3sc4ccccc4c32)CC1. The first-order chi connectivity index (χ1) is 12.7. The van der Waals surface area contributed by atoms with E-state index in [0.717, 1.165) is 48.4 Å². The number of anilines is 3. The van der Waals surface area contributed by atoms with Crippen molar-refractivity contribution in [2.24, 2.45) is 0 Å². The number of hydrogen-bond acceptors (Lipinski definition) is 3. The summed E-state index contributed by atoms with van der Waals surface area (Å²) in [6.45, 7) is 4.01. The molecule has 0 atom stereocenters. The molecule has 3 aromatic rings. The van der Waals surface area contributed by atoms with Crippen LogP contribution >= 0.6 is 11.3 Å². The highest BCUT2D eigenvalue weighted by Gasteiger charge is 2.31. The summed E-state index contributed by atoms with van der Waals surface area (Å²) in [4.78, 5) is 2.35. The molecule has 5 rings (SSSR count). The predicted octanol–water partition coefficient (Wildman–Crippen LogP) is 3.91. The fourth-order valence-corrected chi connectivity index (χ4v) is 4.79. The van der Waals surface area contributed by atoms with Gasteiger partial charge < -0.3 is 5.32 Å². The molecule has 6 heteroatoms. The molecule has 2 aliphatic rings. The maximum absolute atomic E-state index is 13.8. The lowest BCUT2D eigenvalue weighted by molar-refractivity contribution is -0.538. The van der Waals surface area contributed by atoms with E-state index in [1.165, 1.54) is 21.7 Å². The van der Waals surface area contributed by atoms with Gasteiger partial charge in [0, 0.05) is 29.2 Å². The molecule has 0 spiro atoms. The van der Waals surface area contributed by atoms with Crippen molar-refractivity contribution in [2.45, 2.75) is 0 Å². The molecule has 1 fully saturated rings. The van der Waals surface area contributed by atoms with Crippen LogP contribution < -0.4 is 10.6 Å². The third-order valence-corrected chi connectivity index (χ3v) is 6.22. The summed E-state index contributed by atoms with van der Waals surface area (Å²) in [5.41, 5.74) is 2.88. The number of benzene rings is 2. The van der Waals surface area contributed by atoms with Crippen molar-refractivity contribution >= 4 is 43.6 Å². The van der Waals surface area contributed by atoms with Gasteiger partial charge in [-0.2, -0.15) is 0 Å². The zero-order valence-electron chi connectivity index (χ0n) is 14.6. The van der Waals surface area contributed by atoms with E-state index in [1.807, 2.05) is 6.07 Å². The van der Waals surface area contributed by atoms with E-state index in [4.69, 9.17) is 0 Å². The molecule has 0 bridgehead atoms. The van der Waals surface area contributed by atoms with Crippen molar-refractivity contribution in [1.82, 2.24) is 4.90 Å². The van der Waals surface area contributed by atoms with Gasteiger partial charge in [0.1, 0.15) is 22.1 Å². The molecule has 2 N–H and O–H groups in total. The minimum atomic E-state index is -0.233. The fourth-order valence-electron chi connectivity index (χ4n) is 3.68. The van der Waals surface area contributed by atoms with Gasteiger partial charge in [0.05, 0.1) is 18.8 Å². The summed E-state index contributed by atoms with van der Waals surface area (Å²) in [5, 5.41) is 9.37. The standard InChI is InChI=1S/C20H19FN4S/c1-24-8-10-25(11-9-24)19-18-14-4-2-3-5-17(14)26-20(18)23-16-12-13(21)6-7-15(16)22-19/h2-7,12H,8-11H2,1H3,(H,22,23)/p+1. The Morgan fingerprint density at radius 2 is 1.85 bits per heavy atom. The van der Waals surface area contributed by atoms with Gasteiger partial charge >= 0.3 is 0 Å². The van der Waals surface area contributed by atoms with Crippen molar-refractivity contribution in [2.75, 3.05) is 43.9 Å². The van der Waals surface area contributed by atoms with Gasteiger partial charge in [-0.05, 0) is 25.2 Å². The number of halogens is 1. The Labute approximate surface area is 155 Å². The Hall–Kier alpha value is -2.44. The zero-order valence-corrected chi connectivity index (χ0v) is 15.4. The first-order valence-corrected chi connectivity index (χ1v) is 9.66. The lowest BCUT2D eigenvalue weighted by Crippen LogP contribution is -2.43. The Bertz CT molecular complexity index is 1030. The highest BCUT2D eigenvalue weighted by Crippen LogP contribution is 2.41. The van der Waals surface area contributed by atoms with Crippen LogP contribution in [0, 0.1) is 5.82 Å². The minimum absolute atomic E-state index is 0.233. The number of piperazine rings is 1. The van der Waals surface area contributed by atoms with Crippen LogP contribution in [0.15, 0.2) is 42.5 Å². The molecule has 0 amide bonds. The molecule has 1 saturated heterocycles. The largest absolute Gasteiger partial charge is 0.343 e. The molecule has 1 aromatic heterocycles. The van der Waals surface area contributed by atoms with E-state index < -0.39 is 0 Å². The quantitative estimate of drug-likeness (QED) is 0.591. The van der Waals surface area contributed by atoms with E-state index in [1.54, 1.807) is 17.4 Å². The van der Waals surface area contributed by atoms with Crippen LogP contribution in [-0.2, 0) is 0 Å². The lowest BCUT2D eigenvalue weighted by atomic mass is 10.1. The number of fused-ring (bicyclic) bond motifs is 4. The highest BCUT2D eigenvalue weighted by molar-refractivity contribution is 7.23. The number of likely N-dealkylation sites (N-methyl/N-ethyl adjacent to an activating group) is 1. The van der Waals surface area contributed by atoms with E-state index in [9.17, 15) is 4.39 Å². The number of nitrogens with one attached hydrogen (secondary N) is 2. The Balaban J connectivity index is 1.75. The van der Waals surface area contributed by atoms with Crippen LogP contribution in [0.3, 0.4) is 0 Å². The van der Waals surface area contributed by atoms with Gasteiger partial charge in [-0.25, -0.2) is 9.71 Å². The van der Waals surface area contributed by atoms with E-state index in [0.29, 0.717) is 0 Å². The summed E-state index contributed by atoms with van der Waals surface area (Å²) in [7, 11) is 2.16. The van der Waals surface area contributed by atoms with Crippen LogP contribution in [0.5, 0.6) is 0 Å². The molecular weight excluding hydrogens is 347 g/mol. The fraction of sp³-hybridized carbons (Fsp3) is 0.250. The molecule has 26 heavy (non-hydrogen) atoms. The average Bonchev–Trinajstić information content (AvgIpc) is 2.92. The van der Waals surface area contributed by atoms with E-state index in [2.05, 4.69) is 51.4 Å². The van der Waals surface area contributed by atoms with Crippen molar-refractivity contribution in [1.29, 1.82) is 0 Å². The average molecular weight is 367 g/mol. The van der Waals surface area contributed by atoms with Crippen LogP contribution in [-0.4, -0.2) is 48.5 Å². The molecular formula is C20H20FN4S+. The van der Waals surface area contributed by atoms with Crippen molar-refractivity contribution in [3.63, 3.8) is 0 Å². The first kappa shape index (κ1) is 15.8. The number of nitrogens with zero attached hydrogens (tertiary/aromatic N) is 2. The van der Waals surface area contributed by atoms with Crippen LogP contribution in [0.1, 0.15) is 5.56 Å². The van der Waals surface area contributed by atoms with Crippen molar-refractivity contribution in [3.05, 3.63) is 53.8 Å². The Morgan fingerprint density at radius 3 is 2.69 bits per heavy atom. The second-order valence-electron chi connectivity index (χ2n) is 6.88. The molecule has 0 unspecified atom stereocenters. The van der Waals surface area contributed by atoms with Crippen LogP contribution in [0.25, 0.3) is 10.1 Å². The second kappa shape index (κ2) is 6.07. The molecule has 2 aromatic carbocycles. The third-order valence-electron chi connectivity index (χ3n) is 5.13. The summed E-state index contributed by atoms with van der Waals surface area (Å²) in [6, 6.07) is 13.3. The van der Waals surface area contributed by atoms with Crippen LogP contribution in [0.2, 0.25) is 0 Å². The van der Waals surface area contributed by atoms with Gasteiger partial charge in [0.2, 0.25) is 0 Å². The highest BCUT2D eigenvalue weighted by atomic mass is 32.1. The normalized spacial score (nSPS) is 17.3. The zero-order chi connectivity index (χ0) is 17.7. The molecule has 0 saturated carbocycles. The molecule has 2 aliphatic heterocycles. The topological polar surface area (TPSA) is 30.3 Å². The maximum Gasteiger partial charge on any atom is 0.286 e. The lowest BCUT2D eigenvalue weighted by Gasteiger charge is -2.24. The van der Waals surface area contributed by atoms with Crippen LogP contribution in [0.4, 0.5) is 20.8 Å². The van der Waals surface area contributed by atoms with E-state index in [-0.39, 0.29) is 5.82 Å². The molecule has 0 aliphatic carbocycles. The summed E-state index contributed by atoms with van der Waals surface area (Å²) < 4.78 is 17.5. The van der Waals surface area contributed by atoms with Crippen molar-refractivity contribution < 1.29 is 8.97 Å². The van der Waals surface area contributed by atoms with Gasteiger partial charge in [-0.1, -0.05) is 18.2 Å². The molecule has 132 valence electrons. The summed E-state index contributed by atoms with van der Waals surface area (Å²) in [5.74, 6) is 0.882. The predicted molar refractivity (Wildman–Crippen MR) is 107 cm³/mol. The Kier molecular flexibility index (Phi) is 3.69. The van der Waals surface area contributed by atoms with Gasteiger partial charge in [-0.15, -0.1) is 11.3 Å². The first-order valence-electron chi connectivity index (χ1n) is 8.85. The summed E-state index contributed by atoms with van der Waals surface area (Å²) in [6.07, 6.45) is 0. The summed E-state index contributed by atoms with van der Waals surface area (Å²) >= 11 is 1.72. The smallest absolute Gasteiger partial charge is 0.286 e. The van der Waals surface area contributed by atoms with Gasteiger partial charge in [0.15, 0.2) is 0 Å². The molecule has 0 radical (unpaired) electrons. The Morgan fingerprint density at radius 1 is 1.04 bits per heavy atom.